The second-order valence-electron chi connectivity index (χ2n) is 3.64. The molecular weight excluding hydrogens is 254 g/mol. The molecule has 0 aromatic heterocycles. The molecule has 0 aliphatic rings. The summed E-state index contributed by atoms with van der Waals surface area (Å²) in [7, 11) is -1.57. The standard InChI is InChI=1S/C7H6O2.C5H13NO2S/c8-7(9)6-4-2-1-3-5-6;1-4-5(2)9(7,8)6-3/h1-5H,(H,8,9);5-6H,4H2,1-3H3. The zero-order valence-electron chi connectivity index (χ0n) is 10.8. The van der Waals surface area contributed by atoms with Crippen molar-refractivity contribution in [3.8, 4) is 0 Å². The van der Waals surface area contributed by atoms with Crippen LogP contribution >= 0.6 is 0 Å². The van der Waals surface area contributed by atoms with Gasteiger partial charge in [-0.2, -0.15) is 0 Å². The van der Waals surface area contributed by atoms with Crippen molar-refractivity contribution in [3.63, 3.8) is 0 Å². The van der Waals surface area contributed by atoms with Crippen molar-refractivity contribution in [1.82, 2.24) is 4.72 Å². The van der Waals surface area contributed by atoms with Gasteiger partial charge in [-0.1, -0.05) is 25.1 Å². The van der Waals surface area contributed by atoms with Gasteiger partial charge in [0.2, 0.25) is 10.0 Å². The Morgan fingerprint density at radius 3 is 2.06 bits per heavy atom. The highest BCUT2D eigenvalue weighted by molar-refractivity contribution is 7.90. The summed E-state index contributed by atoms with van der Waals surface area (Å²) >= 11 is 0. The van der Waals surface area contributed by atoms with Crippen molar-refractivity contribution < 1.29 is 18.3 Å². The van der Waals surface area contributed by atoms with Crippen LogP contribution in [0.2, 0.25) is 0 Å². The number of hydrogen-bond donors (Lipinski definition) is 2. The van der Waals surface area contributed by atoms with Crippen molar-refractivity contribution >= 4 is 16.0 Å². The quantitative estimate of drug-likeness (QED) is 0.875. The monoisotopic (exact) mass is 273 g/mol. The highest BCUT2D eigenvalue weighted by Crippen LogP contribution is 2.00. The molecular formula is C12H19NO4S. The minimum Gasteiger partial charge on any atom is -0.478 e. The molecule has 0 saturated carbocycles. The SMILES string of the molecule is CCC(C)S(=O)(=O)NC.O=C(O)c1ccccc1. The summed E-state index contributed by atoms with van der Waals surface area (Å²) < 4.78 is 23.9. The van der Waals surface area contributed by atoms with Gasteiger partial charge in [0.25, 0.3) is 0 Å². The molecule has 0 heterocycles. The van der Waals surface area contributed by atoms with E-state index in [4.69, 9.17) is 5.11 Å². The van der Waals surface area contributed by atoms with Gasteiger partial charge in [0.05, 0.1) is 10.8 Å². The van der Waals surface area contributed by atoms with Gasteiger partial charge in [-0.15, -0.1) is 0 Å². The second kappa shape index (κ2) is 7.84. The van der Waals surface area contributed by atoms with E-state index < -0.39 is 16.0 Å². The Hall–Kier alpha value is -1.40. The van der Waals surface area contributed by atoms with E-state index in [2.05, 4.69) is 4.72 Å². The van der Waals surface area contributed by atoms with Crippen LogP contribution in [0.3, 0.4) is 0 Å². The second-order valence-corrected chi connectivity index (χ2v) is 5.94. The summed E-state index contributed by atoms with van der Waals surface area (Å²) in [5.41, 5.74) is 0.331. The topological polar surface area (TPSA) is 83.5 Å². The van der Waals surface area contributed by atoms with Crippen LogP contribution in [0.15, 0.2) is 30.3 Å². The number of carboxylic acid groups (broad SMARTS) is 1. The van der Waals surface area contributed by atoms with E-state index in [0.29, 0.717) is 12.0 Å². The van der Waals surface area contributed by atoms with E-state index >= 15 is 0 Å². The summed E-state index contributed by atoms with van der Waals surface area (Å²) in [5.74, 6) is -0.879. The van der Waals surface area contributed by atoms with Crippen molar-refractivity contribution in [2.24, 2.45) is 0 Å². The van der Waals surface area contributed by atoms with Crippen molar-refractivity contribution in [2.75, 3.05) is 7.05 Å². The van der Waals surface area contributed by atoms with E-state index in [-0.39, 0.29) is 5.25 Å². The molecule has 0 amide bonds. The molecule has 102 valence electrons. The molecule has 18 heavy (non-hydrogen) atoms. The molecule has 5 nitrogen and oxygen atoms in total. The van der Waals surface area contributed by atoms with Crippen molar-refractivity contribution in [1.29, 1.82) is 0 Å². The van der Waals surface area contributed by atoms with Crippen LogP contribution < -0.4 is 4.72 Å². The zero-order chi connectivity index (χ0) is 14.2. The van der Waals surface area contributed by atoms with Crippen LogP contribution in [0.5, 0.6) is 0 Å². The molecule has 1 unspecified atom stereocenters. The average molecular weight is 273 g/mol. The minimum atomic E-state index is -3.00. The molecule has 0 spiro atoms. The van der Waals surface area contributed by atoms with Crippen molar-refractivity contribution in [3.05, 3.63) is 35.9 Å². The number of benzene rings is 1. The maximum atomic E-state index is 10.8. The van der Waals surface area contributed by atoms with Gasteiger partial charge in [-0.3, -0.25) is 0 Å². The van der Waals surface area contributed by atoms with E-state index in [0.717, 1.165) is 0 Å². The minimum absolute atomic E-state index is 0.275. The predicted molar refractivity (Wildman–Crippen MR) is 71.1 cm³/mol. The molecule has 6 heteroatoms. The Kier molecular flexibility index (Phi) is 7.23. The summed E-state index contributed by atoms with van der Waals surface area (Å²) in [6, 6.07) is 8.30. The first kappa shape index (κ1) is 16.6. The largest absolute Gasteiger partial charge is 0.478 e. The molecule has 1 rings (SSSR count). The molecule has 2 N–H and O–H groups in total. The molecule has 1 aromatic rings. The smallest absolute Gasteiger partial charge is 0.335 e. The number of nitrogens with one attached hydrogen (secondary N) is 1. The van der Waals surface area contributed by atoms with Crippen LogP contribution in [-0.4, -0.2) is 31.8 Å². The molecule has 0 bridgehead atoms. The van der Waals surface area contributed by atoms with E-state index in [1.807, 2.05) is 6.92 Å². The lowest BCUT2D eigenvalue weighted by molar-refractivity contribution is 0.0697. The number of hydrogen-bond acceptors (Lipinski definition) is 3. The molecule has 0 saturated heterocycles. The maximum Gasteiger partial charge on any atom is 0.335 e. The fourth-order valence-electron chi connectivity index (χ4n) is 1.00. The van der Waals surface area contributed by atoms with E-state index in [1.165, 1.54) is 7.05 Å². The third-order valence-corrected chi connectivity index (χ3v) is 4.37. The van der Waals surface area contributed by atoms with E-state index in [1.54, 1.807) is 37.3 Å². The maximum absolute atomic E-state index is 10.8. The molecule has 0 aliphatic carbocycles. The van der Waals surface area contributed by atoms with Crippen molar-refractivity contribution in [2.45, 2.75) is 25.5 Å². The van der Waals surface area contributed by atoms with Gasteiger partial charge in [-0.05, 0) is 32.5 Å². The molecule has 1 atom stereocenters. The van der Waals surface area contributed by atoms with Crippen LogP contribution in [0.4, 0.5) is 0 Å². The lowest BCUT2D eigenvalue weighted by Gasteiger charge is -2.07. The summed E-state index contributed by atoms with van der Waals surface area (Å²) in [4.78, 5) is 10.2. The first-order valence-corrected chi connectivity index (χ1v) is 7.10. The highest BCUT2D eigenvalue weighted by Gasteiger charge is 2.14. The van der Waals surface area contributed by atoms with Crippen LogP contribution in [-0.2, 0) is 10.0 Å². The Balaban J connectivity index is 0.000000321. The van der Waals surface area contributed by atoms with Gasteiger partial charge in [-0.25, -0.2) is 17.9 Å². The Bertz CT molecular complexity index is 456. The highest BCUT2D eigenvalue weighted by atomic mass is 32.2. The van der Waals surface area contributed by atoms with Gasteiger partial charge < -0.3 is 5.11 Å². The number of sulfonamides is 1. The molecule has 1 aromatic carbocycles. The lowest BCUT2D eigenvalue weighted by Crippen LogP contribution is -2.28. The van der Waals surface area contributed by atoms with Gasteiger partial charge >= 0.3 is 5.97 Å². The fraction of sp³-hybridized carbons (Fsp3) is 0.417. The Morgan fingerprint density at radius 1 is 1.33 bits per heavy atom. The number of carbonyl (C=O) groups is 1. The Morgan fingerprint density at radius 2 is 1.83 bits per heavy atom. The van der Waals surface area contributed by atoms with Gasteiger partial charge in [0, 0.05) is 0 Å². The molecule has 0 aliphatic heterocycles. The molecule has 0 radical (unpaired) electrons. The van der Waals surface area contributed by atoms with Crippen LogP contribution in [0.1, 0.15) is 30.6 Å². The van der Waals surface area contributed by atoms with Gasteiger partial charge in [0.1, 0.15) is 0 Å². The average Bonchev–Trinajstić information content (AvgIpc) is 2.39. The zero-order valence-corrected chi connectivity index (χ0v) is 11.6. The fourth-order valence-corrected chi connectivity index (χ4v) is 1.84. The summed E-state index contributed by atoms with van der Waals surface area (Å²) in [5, 5.41) is 8.11. The number of carboxylic acids is 1. The van der Waals surface area contributed by atoms with Gasteiger partial charge in [0.15, 0.2) is 0 Å². The third-order valence-electron chi connectivity index (χ3n) is 2.41. The first-order valence-electron chi connectivity index (χ1n) is 5.55. The molecule has 0 fully saturated rings. The summed E-state index contributed by atoms with van der Waals surface area (Å²) in [6.07, 6.45) is 0.656. The van der Waals surface area contributed by atoms with Crippen LogP contribution in [0.25, 0.3) is 0 Å². The third kappa shape index (κ3) is 5.79. The summed E-state index contributed by atoms with van der Waals surface area (Å²) in [6.45, 7) is 3.53. The van der Waals surface area contributed by atoms with Crippen LogP contribution in [0, 0.1) is 0 Å². The number of rotatable bonds is 4. The first-order chi connectivity index (χ1) is 8.35. The Labute approximate surface area is 108 Å². The van der Waals surface area contributed by atoms with E-state index in [9.17, 15) is 13.2 Å². The normalized spacial score (nSPS) is 12.2. The lowest BCUT2D eigenvalue weighted by atomic mass is 10.2. The number of aromatic carboxylic acids is 1. The predicted octanol–water partition coefficient (Wildman–Crippen LogP) is 1.72.